The highest BCUT2D eigenvalue weighted by Gasteiger charge is 2.10. The van der Waals surface area contributed by atoms with Gasteiger partial charge in [-0.25, -0.2) is 4.98 Å². The lowest BCUT2D eigenvalue weighted by Gasteiger charge is -2.01. The summed E-state index contributed by atoms with van der Waals surface area (Å²) >= 11 is 3.42. The van der Waals surface area contributed by atoms with Crippen LogP contribution in [0, 0.1) is 5.92 Å². The molecule has 2 aromatic heterocycles. The first kappa shape index (κ1) is 10.5. The van der Waals surface area contributed by atoms with Crippen LogP contribution in [0.25, 0.3) is 5.65 Å². The molecule has 15 heavy (non-hydrogen) atoms. The molecule has 2 heterocycles. The SMILES string of the molecule is CC(C)Cc1nc2ccc(Br)cn2c1N. The van der Waals surface area contributed by atoms with Crippen molar-refractivity contribution in [1.29, 1.82) is 0 Å². The predicted octanol–water partition coefficient (Wildman–Crippen LogP) is 2.88. The molecular weight excluding hydrogens is 254 g/mol. The predicted molar refractivity (Wildman–Crippen MR) is 65.8 cm³/mol. The minimum Gasteiger partial charge on any atom is -0.383 e. The van der Waals surface area contributed by atoms with Crippen molar-refractivity contribution in [2.75, 3.05) is 5.73 Å². The lowest BCUT2D eigenvalue weighted by atomic mass is 10.1. The Morgan fingerprint density at radius 3 is 2.87 bits per heavy atom. The lowest BCUT2D eigenvalue weighted by Crippen LogP contribution is -2.00. The van der Waals surface area contributed by atoms with Gasteiger partial charge in [0.1, 0.15) is 11.5 Å². The molecule has 0 fully saturated rings. The van der Waals surface area contributed by atoms with Crippen LogP contribution in [0.15, 0.2) is 22.8 Å². The average molecular weight is 268 g/mol. The van der Waals surface area contributed by atoms with Crippen molar-refractivity contribution in [1.82, 2.24) is 9.38 Å². The maximum absolute atomic E-state index is 6.04. The monoisotopic (exact) mass is 267 g/mol. The van der Waals surface area contributed by atoms with Gasteiger partial charge in [0.15, 0.2) is 0 Å². The fourth-order valence-corrected chi connectivity index (χ4v) is 1.96. The van der Waals surface area contributed by atoms with Gasteiger partial charge < -0.3 is 5.73 Å². The number of hydrogen-bond donors (Lipinski definition) is 1. The Bertz CT molecular complexity index is 488. The van der Waals surface area contributed by atoms with Crippen molar-refractivity contribution in [3.63, 3.8) is 0 Å². The van der Waals surface area contributed by atoms with Crippen LogP contribution >= 0.6 is 15.9 Å². The van der Waals surface area contributed by atoms with Gasteiger partial charge in [-0.3, -0.25) is 4.40 Å². The van der Waals surface area contributed by atoms with E-state index in [1.54, 1.807) is 0 Å². The molecule has 2 rings (SSSR count). The van der Waals surface area contributed by atoms with Crippen molar-refractivity contribution >= 4 is 27.4 Å². The van der Waals surface area contributed by atoms with E-state index in [0.717, 1.165) is 28.1 Å². The van der Waals surface area contributed by atoms with Gasteiger partial charge in [-0.05, 0) is 40.4 Å². The smallest absolute Gasteiger partial charge is 0.138 e. The second-order valence-electron chi connectivity index (χ2n) is 4.12. The van der Waals surface area contributed by atoms with Crippen LogP contribution in [-0.4, -0.2) is 9.38 Å². The lowest BCUT2D eigenvalue weighted by molar-refractivity contribution is 0.639. The minimum atomic E-state index is 0.570. The van der Waals surface area contributed by atoms with Gasteiger partial charge in [0.25, 0.3) is 0 Å². The molecule has 2 aromatic rings. The molecule has 0 aromatic carbocycles. The number of fused-ring (bicyclic) bond motifs is 1. The Morgan fingerprint density at radius 2 is 2.20 bits per heavy atom. The van der Waals surface area contributed by atoms with Gasteiger partial charge >= 0.3 is 0 Å². The summed E-state index contributed by atoms with van der Waals surface area (Å²) in [5.41, 5.74) is 7.93. The molecule has 0 aliphatic heterocycles. The molecule has 0 atom stereocenters. The molecule has 0 amide bonds. The van der Waals surface area contributed by atoms with Gasteiger partial charge in [0.05, 0.1) is 5.69 Å². The van der Waals surface area contributed by atoms with Gasteiger partial charge in [-0.15, -0.1) is 0 Å². The molecule has 4 heteroatoms. The molecular formula is C11H14BrN3. The number of rotatable bonds is 2. The second kappa shape index (κ2) is 3.85. The number of aromatic nitrogens is 2. The zero-order valence-corrected chi connectivity index (χ0v) is 10.5. The van der Waals surface area contributed by atoms with Crippen molar-refractivity contribution in [3.8, 4) is 0 Å². The Labute approximate surface area is 97.4 Å². The molecule has 0 radical (unpaired) electrons. The van der Waals surface area contributed by atoms with Crippen molar-refractivity contribution in [3.05, 3.63) is 28.5 Å². The molecule has 0 unspecified atom stereocenters. The van der Waals surface area contributed by atoms with Crippen LogP contribution in [0.4, 0.5) is 5.82 Å². The number of nitrogens with two attached hydrogens (primary N) is 1. The van der Waals surface area contributed by atoms with E-state index in [4.69, 9.17) is 5.73 Å². The van der Waals surface area contributed by atoms with E-state index in [2.05, 4.69) is 34.8 Å². The first-order chi connectivity index (χ1) is 7.08. The zero-order chi connectivity index (χ0) is 11.0. The van der Waals surface area contributed by atoms with Crippen LogP contribution in [0.3, 0.4) is 0 Å². The number of halogens is 1. The van der Waals surface area contributed by atoms with E-state index in [1.807, 2.05) is 22.7 Å². The number of nitrogen functional groups attached to an aromatic ring is 1. The third-order valence-corrected chi connectivity index (χ3v) is 2.77. The summed E-state index contributed by atoms with van der Waals surface area (Å²) in [6, 6.07) is 3.94. The third kappa shape index (κ3) is 2.00. The fraction of sp³-hybridized carbons (Fsp3) is 0.364. The number of hydrogen-bond acceptors (Lipinski definition) is 2. The molecule has 0 spiro atoms. The summed E-state index contributed by atoms with van der Waals surface area (Å²) < 4.78 is 2.93. The highest BCUT2D eigenvalue weighted by atomic mass is 79.9. The van der Waals surface area contributed by atoms with Crippen LogP contribution in [0.1, 0.15) is 19.5 Å². The maximum Gasteiger partial charge on any atom is 0.138 e. The standard InChI is InChI=1S/C11H14BrN3/c1-7(2)5-9-11(13)15-6-8(12)3-4-10(15)14-9/h3-4,6-7H,5,13H2,1-2H3. The van der Waals surface area contributed by atoms with Gasteiger partial charge in [-0.1, -0.05) is 13.8 Å². The Morgan fingerprint density at radius 1 is 1.47 bits per heavy atom. The molecule has 0 bridgehead atoms. The van der Waals surface area contributed by atoms with E-state index in [0.29, 0.717) is 5.92 Å². The summed E-state index contributed by atoms with van der Waals surface area (Å²) in [7, 11) is 0. The summed E-state index contributed by atoms with van der Waals surface area (Å²) in [6.07, 6.45) is 2.87. The van der Waals surface area contributed by atoms with Crippen LogP contribution < -0.4 is 5.73 Å². The molecule has 0 aliphatic carbocycles. The van der Waals surface area contributed by atoms with Gasteiger partial charge in [-0.2, -0.15) is 0 Å². The number of pyridine rings is 1. The first-order valence-electron chi connectivity index (χ1n) is 5.00. The zero-order valence-electron chi connectivity index (χ0n) is 8.87. The van der Waals surface area contributed by atoms with E-state index < -0.39 is 0 Å². The minimum absolute atomic E-state index is 0.570. The summed E-state index contributed by atoms with van der Waals surface area (Å²) in [5, 5.41) is 0. The molecule has 0 saturated carbocycles. The normalized spacial score (nSPS) is 11.5. The largest absolute Gasteiger partial charge is 0.383 e. The van der Waals surface area contributed by atoms with Gasteiger partial charge in [0.2, 0.25) is 0 Å². The van der Waals surface area contributed by atoms with E-state index in [9.17, 15) is 0 Å². The molecule has 2 N–H and O–H groups in total. The Balaban J connectivity index is 2.54. The first-order valence-corrected chi connectivity index (χ1v) is 5.79. The number of nitrogens with zero attached hydrogens (tertiary/aromatic N) is 2. The van der Waals surface area contributed by atoms with Crippen molar-refractivity contribution < 1.29 is 0 Å². The average Bonchev–Trinajstić information content (AvgIpc) is 2.44. The maximum atomic E-state index is 6.04. The second-order valence-corrected chi connectivity index (χ2v) is 5.03. The Kier molecular flexibility index (Phi) is 2.69. The van der Waals surface area contributed by atoms with E-state index >= 15 is 0 Å². The summed E-state index contributed by atoms with van der Waals surface area (Å²) in [6.45, 7) is 4.33. The highest BCUT2D eigenvalue weighted by Crippen LogP contribution is 2.20. The third-order valence-electron chi connectivity index (χ3n) is 2.30. The van der Waals surface area contributed by atoms with Crippen molar-refractivity contribution in [2.45, 2.75) is 20.3 Å². The quantitative estimate of drug-likeness (QED) is 0.910. The number of imidazole rings is 1. The van der Waals surface area contributed by atoms with E-state index in [1.165, 1.54) is 0 Å². The summed E-state index contributed by atoms with van der Waals surface area (Å²) in [5.74, 6) is 1.32. The van der Waals surface area contributed by atoms with Crippen LogP contribution in [0.2, 0.25) is 0 Å². The topological polar surface area (TPSA) is 43.3 Å². The van der Waals surface area contributed by atoms with Crippen molar-refractivity contribution in [2.24, 2.45) is 5.92 Å². The van der Waals surface area contributed by atoms with Crippen LogP contribution in [-0.2, 0) is 6.42 Å². The molecule has 3 nitrogen and oxygen atoms in total. The molecule has 0 aliphatic rings. The molecule has 80 valence electrons. The van der Waals surface area contributed by atoms with Crippen LogP contribution in [0.5, 0.6) is 0 Å². The Hall–Kier alpha value is -1.03. The summed E-state index contributed by atoms with van der Waals surface area (Å²) in [4.78, 5) is 4.51. The number of anilines is 1. The van der Waals surface area contributed by atoms with Gasteiger partial charge in [0, 0.05) is 10.7 Å². The van der Waals surface area contributed by atoms with E-state index in [-0.39, 0.29) is 0 Å². The fourth-order valence-electron chi connectivity index (χ4n) is 1.62. The molecule has 0 saturated heterocycles. The highest BCUT2D eigenvalue weighted by molar-refractivity contribution is 9.10.